The lowest BCUT2D eigenvalue weighted by molar-refractivity contribution is -0.146. The third-order valence-electron chi connectivity index (χ3n) is 9.88. The average molecular weight is 547 g/mol. The number of rotatable bonds is 17. The number of carbonyl (C=O) groups excluding carboxylic acids is 2. The number of aliphatic hydroxyl groups is 1. The second-order valence-corrected chi connectivity index (χ2v) is 12.7. The maximum absolute atomic E-state index is 12.6. The molecule has 5 heteroatoms. The summed E-state index contributed by atoms with van der Waals surface area (Å²) in [7, 11) is 0. The molecule has 2 rings (SSSR count). The molecule has 0 aromatic carbocycles. The van der Waals surface area contributed by atoms with Crippen LogP contribution in [0.1, 0.15) is 130 Å². The van der Waals surface area contributed by atoms with E-state index in [-0.39, 0.29) is 24.7 Å². The lowest BCUT2D eigenvalue weighted by Gasteiger charge is -2.38. The summed E-state index contributed by atoms with van der Waals surface area (Å²) in [6.45, 7) is 15.4. The molecular formula is C34H58O5. The standard InChI is InChI=1S/C34H58O5/c1-7-10-11-12-27-15-19-30(20-16-27)31-21-17-28(18-22-31)13-14-29(23-38-32(35)25(4)5)24-39-33(36)26(6)34(37,8-2)9-3/h27-31,37H,4,6-24H2,1-3,5H3. The number of hydrogen-bond acceptors (Lipinski definition) is 5. The topological polar surface area (TPSA) is 72.8 Å². The Labute approximate surface area is 239 Å². The quantitative estimate of drug-likeness (QED) is 0.113. The van der Waals surface area contributed by atoms with Crippen LogP contribution in [0.4, 0.5) is 0 Å². The van der Waals surface area contributed by atoms with Crippen LogP contribution in [0.5, 0.6) is 0 Å². The van der Waals surface area contributed by atoms with Crippen molar-refractivity contribution in [2.24, 2.45) is 29.6 Å². The summed E-state index contributed by atoms with van der Waals surface area (Å²) >= 11 is 0. The second-order valence-electron chi connectivity index (χ2n) is 12.7. The minimum atomic E-state index is -1.24. The Morgan fingerprint density at radius 2 is 1.28 bits per heavy atom. The molecule has 0 aromatic rings. The van der Waals surface area contributed by atoms with E-state index in [0.717, 1.165) is 30.6 Å². The fourth-order valence-corrected chi connectivity index (χ4v) is 6.73. The maximum Gasteiger partial charge on any atom is 0.336 e. The summed E-state index contributed by atoms with van der Waals surface area (Å²) in [5.74, 6) is 2.42. The highest BCUT2D eigenvalue weighted by atomic mass is 16.5. The van der Waals surface area contributed by atoms with Crippen molar-refractivity contribution in [3.05, 3.63) is 24.3 Å². The Morgan fingerprint density at radius 3 is 1.74 bits per heavy atom. The lowest BCUT2D eigenvalue weighted by Crippen LogP contribution is -2.34. The van der Waals surface area contributed by atoms with Gasteiger partial charge in [0.05, 0.1) is 24.4 Å². The summed E-state index contributed by atoms with van der Waals surface area (Å²) in [5.41, 5.74) is -0.784. The fourth-order valence-electron chi connectivity index (χ4n) is 6.73. The minimum absolute atomic E-state index is 0.0814. The van der Waals surface area contributed by atoms with Gasteiger partial charge >= 0.3 is 11.9 Å². The van der Waals surface area contributed by atoms with E-state index in [1.54, 1.807) is 6.92 Å². The molecule has 0 spiro atoms. The van der Waals surface area contributed by atoms with Gasteiger partial charge in [0.15, 0.2) is 0 Å². The van der Waals surface area contributed by atoms with Gasteiger partial charge in [-0.2, -0.15) is 0 Å². The molecule has 0 aromatic heterocycles. The number of carbonyl (C=O) groups is 2. The van der Waals surface area contributed by atoms with E-state index in [9.17, 15) is 14.7 Å². The van der Waals surface area contributed by atoms with Crippen molar-refractivity contribution in [2.45, 2.75) is 136 Å². The van der Waals surface area contributed by atoms with Crippen LogP contribution in [-0.2, 0) is 19.1 Å². The van der Waals surface area contributed by atoms with Crippen molar-refractivity contribution >= 4 is 11.9 Å². The first kappa shape index (κ1) is 33.6. The summed E-state index contributed by atoms with van der Waals surface area (Å²) in [4.78, 5) is 24.6. The Hall–Kier alpha value is -1.62. The van der Waals surface area contributed by atoms with Crippen LogP contribution < -0.4 is 0 Å². The van der Waals surface area contributed by atoms with Crippen LogP contribution in [0.15, 0.2) is 24.3 Å². The van der Waals surface area contributed by atoms with Crippen LogP contribution in [0.3, 0.4) is 0 Å². The molecule has 1 N–H and O–H groups in total. The highest BCUT2D eigenvalue weighted by Gasteiger charge is 2.33. The molecule has 0 radical (unpaired) electrons. The molecular weight excluding hydrogens is 488 g/mol. The van der Waals surface area contributed by atoms with Crippen LogP contribution in [-0.4, -0.2) is 35.9 Å². The zero-order valence-corrected chi connectivity index (χ0v) is 25.6. The van der Waals surface area contributed by atoms with Crippen molar-refractivity contribution in [3.8, 4) is 0 Å². The molecule has 0 saturated heterocycles. The van der Waals surface area contributed by atoms with Gasteiger partial charge in [-0.15, -0.1) is 0 Å². The van der Waals surface area contributed by atoms with Crippen LogP contribution in [0.25, 0.3) is 0 Å². The third-order valence-corrected chi connectivity index (χ3v) is 9.88. The Kier molecular flexibility index (Phi) is 14.9. The van der Waals surface area contributed by atoms with E-state index < -0.39 is 17.5 Å². The first-order chi connectivity index (χ1) is 18.6. The average Bonchev–Trinajstić information content (AvgIpc) is 2.96. The molecule has 1 atom stereocenters. The molecule has 0 aliphatic heterocycles. The molecule has 2 aliphatic rings. The van der Waals surface area contributed by atoms with Gasteiger partial charge in [0.1, 0.15) is 0 Å². The molecule has 39 heavy (non-hydrogen) atoms. The Balaban J connectivity index is 1.80. The van der Waals surface area contributed by atoms with Gasteiger partial charge in [0.2, 0.25) is 0 Å². The van der Waals surface area contributed by atoms with Gasteiger partial charge < -0.3 is 14.6 Å². The fraction of sp³-hybridized carbons (Fsp3) is 0.824. The van der Waals surface area contributed by atoms with Crippen LogP contribution >= 0.6 is 0 Å². The van der Waals surface area contributed by atoms with Gasteiger partial charge in [-0.3, -0.25) is 0 Å². The first-order valence-corrected chi connectivity index (χ1v) is 16.0. The molecule has 5 nitrogen and oxygen atoms in total. The maximum atomic E-state index is 12.6. The van der Waals surface area contributed by atoms with E-state index >= 15 is 0 Å². The minimum Gasteiger partial charge on any atom is -0.462 e. The number of unbranched alkanes of at least 4 members (excludes halogenated alkanes) is 2. The second kappa shape index (κ2) is 17.3. The molecule has 0 amide bonds. The van der Waals surface area contributed by atoms with Gasteiger partial charge in [0, 0.05) is 11.5 Å². The van der Waals surface area contributed by atoms with Crippen LogP contribution in [0, 0.1) is 29.6 Å². The molecule has 2 fully saturated rings. The summed E-state index contributed by atoms with van der Waals surface area (Å²) in [6.07, 6.45) is 19.2. The normalized spacial score (nSPS) is 24.5. The largest absolute Gasteiger partial charge is 0.462 e. The molecule has 2 aliphatic carbocycles. The van der Waals surface area contributed by atoms with E-state index in [4.69, 9.17) is 9.47 Å². The summed E-state index contributed by atoms with van der Waals surface area (Å²) < 4.78 is 11.0. The highest BCUT2D eigenvalue weighted by Crippen LogP contribution is 2.43. The lowest BCUT2D eigenvalue weighted by atomic mass is 9.68. The molecule has 224 valence electrons. The van der Waals surface area contributed by atoms with Crippen molar-refractivity contribution in [1.82, 2.24) is 0 Å². The van der Waals surface area contributed by atoms with E-state index in [0.29, 0.717) is 24.3 Å². The predicted octanol–water partition coefficient (Wildman–Crippen LogP) is 8.35. The van der Waals surface area contributed by atoms with Gasteiger partial charge in [-0.25, -0.2) is 9.59 Å². The smallest absolute Gasteiger partial charge is 0.336 e. The van der Waals surface area contributed by atoms with E-state index in [1.165, 1.54) is 77.0 Å². The molecule has 0 heterocycles. The molecule has 0 bridgehead atoms. The SMILES string of the molecule is C=C(C)C(=O)OCC(CCC1CCC(C2CCC(CCCCC)CC2)CC1)COC(=O)C(=C)C(O)(CC)CC. The number of esters is 2. The van der Waals surface area contributed by atoms with Gasteiger partial charge in [-0.05, 0) is 82.0 Å². The monoisotopic (exact) mass is 546 g/mol. The van der Waals surface area contributed by atoms with Crippen molar-refractivity contribution in [1.29, 1.82) is 0 Å². The Morgan fingerprint density at radius 1 is 0.795 bits per heavy atom. The third kappa shape index (κ3) is 11.1. The van der Waals surface area contributed by atoms with Crippen LogP contribution in [0.2, 0.25) is 0 Å². The van der Waals surface area contributed by atoms with Crippen molar-refractivity contribution in [2.75, 3.05) is 13.2 Å². The van der Waals surface area contributed by atoms with Gasteiger partial charge in [0.25, 0.3) is 0 Å². The number of hydrogen-bond donors (Lipinski definition) is 1. The predicted molar refractivity (Wildman–Crippen MR) is 159 cm³/mol. The molecule has 2 saturated carbocycles. The van der Waals surface area contributed by atoms with Crippen molar-refractivity contribution < 1.29 is 24.2 Å². The molecule has 1 unspecified atom stereocenters. The van der Waals surface area contributed by atoms with E-state index in [2.05, 4.69) is 20.1 Å². The summed E-state index contributed by atoms with van der Waals surface area (Å²) in [5, 5.41) is 10.6. The van der Waals surface area contributed by atoms with Gasteiger partial charge in [-0.1, -0.05) is 85.3 Å². The number of ether oxygens (including phenoxy) is 2. The van der Waals surface area contributed by atoms with Crippen molar-refractivity contribution in [3.63, 3.8) is 0 Å². The zero-order valence-electron chi connectivity index (χ0n) is 25.6. The highest BCUT2D eigenvalue weighted by molar-refractivity contribution is 5.90. The first-order valence-electron chi connectivity index (χ1n) is 16.0. The van der Waals surface area contributed by atoms with E-state index in [1.807, 2.05) is 13.8 Å². The summed E-state index contributed by atoms with van der Waals surface area (Å²) in [6, 6.07) is 0. The zero-order chi connectivity index (χ0) is 28.8. The Bertz CT molecular complexity index is 766.